The third-order valence-electron chi connectivity index (χ3n) is 10.4. The summed E-state index contributed by atoms with van der Waals surface area (Å²) in [5.74, 6) is 0. The average Bonchev–Trinajstić information content (AvgIpc) is 3.32. The van der Waals surface area contributed by atoms with Gasteiger partial charge >= 0.3 is 0 Å². The molecule has 7 rings (SSSR count). The molecular weight excluding hydrogens is 579 g/mol. The Kier molecular flexibility index (Phi) is 8.01. The number of rotatable bonds is 8. The Morgan fingerprint density at radius 3 is 1.90 bits per heavy atom. The summed E-state index contributed by atoms with van der Waals surface area (Å²) in [7, 11) is 0. The number of benzene rings is 6. The lowest BCUT2D eigenvalue weighted by Gasteiger charge is -2.32. The first kappa shape index (κ1) is 31.2. The first-order valence-corrected chi connectivity index (χ1v) is 16.9. The average molecular weight is 622 g/mol. The van der Waals surface area contributed by atoms with Crippen LogP contribution in [0.3, 0.4) is 0 Å². The molecule has 6 aromatic carbocycles. The molecule has 0 heterocycles. The molecule has 48 heavy (non-hydrogen) atoms. The van der Waals surface area contributed by atoms with Crippen LogP contribution in [0.15, 0.2) is 176 Å². The lowest BCUT2D eigenvalue weighted by atomic mass is 9.76. The van der Waals surface area contributed by atoms with E-state index >= 15 is 0 Å². The van der Waals surface area contributed by atoms with Gasteiger partial charge in [-0.25, -0.2) is 0 Å². The van der Waals surface area contributed by atoms with Crippen molar-refractivity contribution in [3.05, 3.63) is 198 Å². The molecule has 0 amide bonds. The van der Waals surface area contributed by atoms with E-state index in [4.69, 9.17) is 0 Å². The van der Waals surface area contributed by atoms with Crippen molar-refractivity contribution in [2.75, 3.05) is 4.90 Å². The normalized spacial score (nSPS) is 14.2. The second kappa shape index (κ2) is 12.3. The van der Waals surface area contributed by atoms with Gasteiger partial charge in [0.2, 0.25) is 0 Å². The third-order valence-corrected chi connectivity index (χ3v) is 10.4. The fraction of sp³-hybridized carbons (Fsp3) is 0.149. The Labute approximate surface area is 286 Å². The number of allylic oxidation sites excluding steroid dienone is 4. The minimum absolute atomic E-state index is 0.136. The van der Waals surface area contributed by atoms with Gasteiger partial charge in [0.25, 0.3) is 0 Å². The van der Waals surface area contributed by atoms with E-state index in [0.29, 0.717) is 0 Å². The summed E-state index contributed by atoms with van der Waals surface area (Å²) in [5.41, 5.74) is 13.3. The number of hydrogen-bond acceptors (Lipinski definition) is 1. The van der Waals surface area contributed by atoms with Crippen molar-refractivity contribution in [1.82, 2.24) is 0 Å². The first-order chi connectivity index (χ1) is 23.2. The molecule has 0 unspecified atom stereocenters. The zero-order valence-electron chi connectivity index (χ0n) is 28.7. The van der Waals surface area contributed by atoms with Crippen LogP contribution in [0.4, 0.5) is 11.4 Å². The van der Waals surface area contributed by atoms with Crippen LogP contribution in [-0.2, 0) is 10.8 Å². The van der Waals surface area contributed by atoms with Crippen LogP contribution < -0.4 is 4.90 Å². The van der Waals surface area contributed by atoms with E-state index in [0.717, 1.165) is 17.1 Å². The second-order valence-corrected chi connectivity index (χ2v) is 13.9. The van der Waals surface area contributed by atoms with Gasteiger partial charge in [-0.3, -0.25) is 0 Å². The Morgan fingerprint density at radius 1 is 0.646 bits per heavy atom. The predicted octanol–water partition coefficient (Wildman–Crippen LogP) is 12.8. The summed E-state index contributed by atoms with van der Waals surface area (Å²) in [6.45, 7) is 16.0. The standard InChI is InChI=1S/C47H43N/c1-7-37(32-44-33(2)39-22-16-17-25-42(39)47(44,5)6)48(38-28-26-35(27-29-38)34-18-10-8-11-19-34)45-31-30-43(40-23-14-15-24-41(40)45)46(3,4)36-20-12-9-13-21-36/h7-32H,1H2,2-6H3/b37-32+. The lowest BCUT2D eigenvalue weighted by molar-refractivity contribution is 0.647. The van der Waals surface area contributed by atoms with Gasteiger partial charge in [0.1, 0.15) is 0 Å². The Morgan fingerprint density at radius 2 is 1.23 bits per heavy atom. The minimum Gasteiger partial charge on any atom is -0.310 e. The maximum absolute atomic E-state index is 4.41. The van der Waals surface area contributed by atoms with Gasteiger partial charge in [0, 0.05) is 27.6 Å². The topological polar surface area (TPSA) is 3.24 Å². The van der Waals surface area contributed by atoms with E-state index in [1.54, 1.807) is 0 Å². The van der Waals surface area contributed by atoms with Crippen LogP contribution in [0, 0.1) is 0 Å². The third kappa shape index (κ3) is 5.30. The SMILES string of the molecule is C=C/C(=C\C1=C(C)c2ccccc2C1(C)C)N(c1ccc(-c2ccccc2)cc1)c1ccc(C(C)(C)c2ccccc2)c2ccccc12. The molecule has 0 aromatic heterocycles. The zero-order chi connectivity index (χ0) is 33.5. The molecule has 0 aliphatic heterocycles. The second-order valence-electron chi connectivity index (χ2n) is 13.9. The van der Waals surface area contributed by atoms with E-state index in [9.17, 15) is 0 Å². The molecule has 1 heteroatoms. The summed E-state index contributed by atoms with van der Waals surface area (Å²) >= 11 is 0. The number of hydrogen-bond donors (Lipinski definition) is 0. The maximum atomic E-state index is 4.41. The monoisotopic (exact) mass is 621 g/mol. The Hall–Kier alpha value is -5.40. The summed E-state index contributed by atoms with van der Waals surface area (Å²) in [6, 6.07) is 52.7. The van der Waals surface area contributed by atoms with E-state index in [-0.39, 0.29) is 10.8 Å². The minimum atomic E-state index is -0.180. The molecule has 1 nitrogen and oxygen atoms in total. The molecule has 0 N–H and O–H groups in total. The van der Waals surface area contributed by atoms with E-state index < -0.39 is 0 Å². The summed E-state index contributed by atoms with van der Waals surface area (Å²) in [4.78, 5) is 2.39. The highest BCUT2D eigenvalue weighted by Crippen LogP contribution is 2.48. The highest BCUT2D eigenvalue weighted by Gasteiger charge is 2.35. The van der Waals surface area contributed by atoms with Gasteiger partial charge in [-0.05, 0) is 87.2 Å². The van der Waals surface area contributed by atoms with Crippen molar-refractivity contribution in [1.29, 1.82) is 0 Å². The van der Waals surface area contributed by atoms with E-state index in [1.807, 2.05) is 6.08 Å². The maximum Gasteiger partial charge on any atom is 0.0540 e. The summed E-state index contributed by atoms with van der Waals surface area (Å²) in [6.07, 6.45) is 4.38. The van der Waals surface area contributed by atoms with Crippen molar-refractivity contribution in [2.24, 2.45) is 0 Å². The number of nitrogens with zero attached hydrogens (tertiary/aromatic N) is 1. The van der Waals surface area contributed by atoms with Crippen LogP contribution in [0.1, 0.15) is 56.9 Å². The van der Waals surface area contributed by atoms with Crippen LogP contribution in [-0.4, -0.2) is 0 Å². The van der Waals surface area contributed by atoms with Crippen LogP contribution in [0.5, 0.6) is 0 Å². The molecule has 6 aromatic rings. The van der Waals surface area contributed by atoms with Crippen molar-refractivity contribution < 1.29 is 0 Å². The summed E-state index contributed by atoms with van der Waals surface area (Å²) in [5, 5.41) is 2.46. The fourth-order valence-electron chi connectivity index (χ4n) is 7.66. The molecule has 1 aliphatic carbocycles. The zero-order valence-corrected chi connectivity index (χ0v) is 28.7. The van der Waals surface area contributed by atoms with Gasteiger partial charge in [0.05, 0.1) is 5.69 Å². The quantitative estimate of drug-likeness (QED) is 0.153. The van der Waals surface area contributed by atoms with E-state index in [2.05, 4.69) is 198 Å². The van der Waals surface area contributed by atoms with Crippen LogP contribution in [0.25, 0.3) is 27.5 Å². The summed E-state index contributed by atoms with van der Waals surface area (Å²) < 4.78 is 0. The van der Waals surface area contributed by atoms with Crippen LogP contribution >= 0.6 is 0 Å². The van der Waals surface area contributed by atoms with Crippen molar-refractivity contribution in [3.8, 4) is 11.1 Å². The van der Waals surface area contributed by atoms with Gasteiger partial charge in [-0.1, -0.05) is 162 Å². The molecule has 236 valence electrons. The molecule has 0 saturated carbocycles. The lowest BCUT2D eigenvalue weighted by Crippen LogP contribution is -2.21. The molecule has 0 saturated heterocycles. The Bertz CT molecular complexity index is 2180. The highest BCUT2D eigenvalue weighted by atomic mass is 15.1. The number of anilines is 2. The van der Waals surface area contributed by atoms with Crippen LogP contribution in [0.2, 0.25) is 0 Å². The van der Waals surface area contributed by atoms with E-state index in [1.165, 1.54) is 55.3 Å². The predicted molar refractivity (Wildman–Crippen MR) is 207 cm³/mol. The largest absolute Gasteiger partial charge is 0.310 e. The van der Waals surface area contributed by atoms with Gasteiger partial charge in [-0.15, -0.1) is 0 Å². The molecule has 0 bridgehead atoms. The molecule has 1 aliphatic rings. The van der Waals surface area contributed by atoms with Crippen molar-refractivity contribution in [3.63, 3.8) is 0 Å². The van der Waals surface area contributed by atoms with Gasteiger partial charge in [-0.2, -0.15) is 0 Å². The van der Waals surface area contributed by atoms with Gasteiger partial charge in [0.15, 0.2) is 0 Å². The smallest absolute Gasteiger partial charge is 0.0540 e. The molecule has 0 fully saturated rings. The van der Waals surface area contributed by atoms with Gasteiger partial charge < -0.3 is 4.90 Å². The van der Waals surface area contributed by atoms with Crippen molar-refractivity contribution in [2.45, 2.75) is 45.4 Å². The molecule has 0 radical (unpaired) electrons. The number of fused-ring (bicyclic) bond motifs is 2. The first-order valence-electron chi connectivity index (χ1n) is 16.9. The molecule has 0 atom stereocenters. The Balaban J connectivity index is 1.44. The molecular formula is C47H43N. The molecule has 0 spiro atoms. The van der Waals surface area contributed by atoms with Crippen molar-refractivity contribution >= 4 is 27.7 Å². The highest BCUT2D eigenvalue weighted by molar-refractivity contribution is 6.00. The fourth-order valence-corrected chi connectivity index (χ4v) is 7.66.